The molecule has 1 amide bonds. The summed E-state index contributed by atoms with van der Waals surface area (Å²) in [6.07, 6.45) is 15.1. The number of nitrogens with zero attached hydrogens (tertiary/aromatic N) is 7. The number of hydrogen-bond acceptors (Lipinski definition) is 6. The summed E-state index contributed by atoms with van der Waals surface area (Å²) in [5.74, 6) is -0.182. The van der Waals surface area contributed by atoms with Crippen molar-refractivity contribution in [2.45, 2.75) is 0 Å². The van der Waals surface area contributed by atoms with Crippen LogP contribution in [0.1, 0.15) is 16.7 Å². The van der Waals surface area contributed by atoms with Gasteiger partial charge in [0.2, 0.25) is 11.9 Å². The smallest absolute Gasteiger partial charge is 0.250 e. The van der Waals surface area contributed by atoms with Gasteiger partial charge in [-0.05, 0) is 12.1 Å². The zero-order valence-corrected chi connectivity index (χ0v) is 16.0. The van der Waals surface area contributed by atoms with Crippen molar-refractivity contribution >= 4 is 29.5 Å². The molecule has 9 nitrogen and oxygen atoms in total. The van der Waals surface area contributed by atoms with Crippen LogP contribution in [-0.2, 0) is 11.8 Å². The van der Waals surface area contributed by atoms with Crippen LogP contribution in [-0.4, -0.2) is 35.3 Å². The number of aryl methyl sites for hydroxylation is 1. The van der Waals surface area contributed by atoms with Gasteiger partial charge in [-0.3, -0.25) is 14.8 Å². The monoisotopic (exact) mass is 396 g/mol. The van der Waals surface area contributed by atoms with E-state index >= 15 is 0 Å². The van der Waals surface area contributed by atoms with Gasteiger partial charge in [-0.25, -0.2) is 14.5 Å². The van der Waals surface area contributed by atoms with Crippen LogP contribution in [0.3, 0.4) is 0 Å². The highest BCUT2D eigenvalue weighted by Gasteiger charge is 2.11. The van der Waals surface area contributed by atoms with Gasteiger partial charge in [-0.2, -0.15) is 15.5 Å². The average molecular weight is 396 g/mol. The topological polar surface area (TPSA) is 114 Å². The van der Waals surface area contributed by atoms with Crippen molar-refractivity contribution in [1.29, 1.82) is 5.26 Å². The van der Waals surface area contributed by atoms with Gasteiger partial charge in [0.15, 0.2) is 0 Å². The quantitative estimate of drug-likeness (QED) is 0.519. The van der Waals surface area contributed by atoms with Crippen LogP contribution in [0.2, 0.25) is 0 Å². The first-order chi connectivity index (χ1) is 14.6. The molecule has 1 N–H and O–H groups in total. The normalized spacial score (nSPS) is 10.9. The maximum Gasteiger partial charge on any atom is 0.250 e. The van der Waals surface area contributed by atoms with Crippen molar-refractivity contribution in [2.24, 2.45) is 7.05 Å². The van der Waals surface area contributed by atoms with E-state index in [1.807, 2.05) is 37.7 Å². The third-order valence-corrected chi connectivity index (χ3v) is 4.35. The summed E-state index contributed by atoms with van der Waals surface area (Å²) in [4.78, 5) is 19.5. The molecule has 0 saturated heterocycles. The zero-order chi connectivity index (χ0) is 21.1. The molecule has 0 aliphatic rings. The molecule has 0 saturated carbocycles. The molecule has 4 heterocycles. The minimum Gasteiger partial charge on any atom is -0.291 e. The van der Waals surface area contributed by atoms with E-state index in [1.165, 1.54) is 0 Å². The fraction of sp³-hybridized carbons (Fsp3) is 0.0476. The SMILES string of the molecule is C=CC(=O)Nc1ncc(/C=C/c2cc(-c3cnn(C)c3)cn3ncc(C#N)c23)cn1. The van der Waals surface area contributed by atoms with E-state index in [-0.39, 0.29) is 11.9 Å². The van der Waals surface area contributed by atoms with E-state index in [4.69, 9.17) is 0 Å². The number of hydrogen-bond donors (Lipinski definition) is 1. The summed E-state index contributed by atoms with van der Waals surface area (Å²) in [5.41, 5.74) is 4.59. The van der Waals surface area contributed by atoms with E-state index in [0.29, 0.717) is 11.1 Å². The van der Waals surface area contributed by atoms with Crippen molar-refractivity contribution in [1.82, 2.24) is 29.4 Å². The Morgan fingerprint density at radius 3 is 2.60 bits per heavy atom. The fourth-order valence-electron chi connectivity index (χ4n) is 2.93. The summed E-state index contributed by atoms with van der Waals surface area (Å²) < 4.78 is 3.41. The lowest BCUT2D eigenvalue weighted by Gasteiger charge is -2.05. The van der Waals surface area contributed by atoms with Gasteiger partial charge in [0.05, 0.1) is 23.5 Å². The summed E-state index contributed by atoms with van der Waals surface area (Å²) in [6, 6.07) is 4.15. The maximum absolute atomic E-state index is 11.3. The molecular formula is C21H16N8O. The number of nitriles is 1. The minimum absolute atomic E-state index is 0.195. The number of aromatic nitrogens is 6. The summed E-state index contributed by atoms with van der Waals surface area (Å²) >= 11 is 0. The zero-order valence-electron chi connectivity index (χ0n) is 16.0. The van der Waals surface area contributed by atoms with Gasteiger partial charge in [0.25, 0.3) is 0 Å². The molecule has 0 atom stereocenters. The lowest BCUT2D eigenvalue weighted by molar-refractivity contribution is -0.111. The molecule has 30 heavy (non-hydrogen) atoms. The Labute approximate surface area is 171 Å². The van der Waals surface area contributed by atoms with E-state index in [2.05, 4.69) is 38.1 Å². The number of amides is 1. The molecule has 4 aromatic heterocycles. The first-order valence-corrected chi connectivity index (χ1v) is 8.91. The van der Waals surface area contributed by atoms with Gasteiger partial charge >= 0.3 is 0 Å². The second kappa shape index (κ2) is 7.81. The van der Waals surface area contributed by atoms with Crippen molar-refractivity contribution in [3.63, 3.8) is 0 Å². The number of carbonyl (C=O) groups is 1. The summed E-state index contributed by atoms with van der Waals surface area (Å²) in [5, 5.41) is 20.5. The molecule has 0 aliphatic carbocycles. The number of carbonyl (C=O) groups excluding carboxylic acids is 1. The molecule has 0 spiro atoms. The summed E-state index contributed by atoms with van der Waals surface area (Å²) in [6.45, 7) is 3.39. The molecule has 0 bridgehead atoms. The molecule has 9 heteroatoms. The molecule has 0 aliphatic heterocycles. The molecule has 4 rings (SSSR count). The average Bonchev–Trinajstić information content (AvgIpc) is 3.38. The Balaban J connectivity index is 1.72. The van der Waals surface area contributed by atoms with Crippen LogP contribution in [0.4, 0.5) is 5.95 Å². The highest BCUT2D eigenvalue weighted by atomic mass is 16.1. The first-order valence-electron chi connectivity index (χ1n) is 8.91. The van der Waals surface area contributed by atoms with Crippen LogP contribution in [0.25, 0.3) is 28.8 Å². The van der Waals surface area contributed by atoms with Gasteiger partial charge in [0.1, 0.15) is 6.07 Å². The number of nitrogens with one attached hydrogen (secondary N) is 1. The van der Waals surface area contributed by atoms with E-state index in [9.17, 15) is 10.1 Å². The highest BCUT2D eigenvalue weighted by Crippen LogP contribution is 2.26. The number of pyridine rings is 1. The standard InChI is InChI=1S/C21H16N8O/c1-3-19(30)27-21-23-8-14(9-24-21)4-5-15-6-16(18-11-25-28(2)12-18)13-29-20(15)17(7-22)10-26-29/h3-6,8-13H,1H2,2H3,(H,23,24,27,30)/b5-4+. The Morgan fingerprint density at radius 1 is 1.13 bits per heavy atom. The lowest BCUT2D eigenvalue weighted by atomic mass is 10.1. The molecule has 0 aromatic carbocycles. The molecule has 0 fully saturated rings. The Kier molecular flexibility index (Phi) is 4.88. The Morgan fingerprint density at radius 2 is 1.93 bits per heavy atom. The van der Waals surface area contributed by atoms with Crippen molar-refractivity contribution in [3.8, 4) is 17.2 Å². The number of anilines is 1. The van der Waals surface area contributed by atoms with Gasteiger partial charge in [-0.1, -0.05) is 18.7 Å². The highest BCUT2D eigenvalue weighted by molar-refractivity contribution is 5.97. The number of rotatable bonds is 5. The third kappa shape index (κ3) is 3.70. The second-order valence-corrected chi connectivity index (χ2v) is 6.42. The third-order valence-electron chi connectivity index (χ3n) is 4.35. The number of fused-ring (bicyclic) bond motifs is 1. The predicted octanol–water partition coefficient (Wildman–Crippen LogP) is 2.69. The van der Waals surface area contributed by atoms with E-state index in [1.54, 1.807) is 34.0 Å². The Bertz CT molecular complexity index is 1320. The van der Waals surface area contributed by atoms with Gasteiger partial charge in [-0.15, -0.1) is 0 Å². The van der Waals surface area contributed by atoms with E-state index in [0.717, 1.165) is 28.3 Å². The lowest BCUT2D eigenvalue weighted by Crippen LogP contribution is -2.10. The summed E-state index contributed by atoms with van der Waals surface area (Å²) in [7, 11) is 1.85. The fourth-order valence-corrected chi connectivity index (χ4v) is 2.93. The van der Waals surface area contributed by atoms with Crippen molar-refractivity contribution in [2.75, 3.05) is 5.32 Å². The Hall–Kier alpha value is -4.58. The first kappa shape index (κ1) is 18.8. The molecule has 0 unspecified atom stereocenters. The maximum atomic E-state index is 11.3. The second-order valence-electron chi connectivity index (χ2n) is 6.42. The van der Waals surface area contributed by atoms with Crippen LogP contribution < -0.4 is 5.32 Å². The van der Waals surface area contributed by atoms with Gasteiger partial charge in [0, 0.05) is 54.1 Å². The largest absolute Gasteiger partial charge is 0.291 e. The predicted molar refractivity (Wildman–Crippen MR) is 112 cm³/mol. The molecular weight excluding hydrogens is 380 g/mol. The van der Waals surface area contributed by atoms with Crippen molar-refractivity contribution in [3.05, 3.63) is 72.6 Å². The molecule has 146 valence electrons. The van der Waals surface area contributed by atoms with Crippen LogP contribution in [0, 0.1) is 11.3 Å². The van der Waals surface area contributed by atoms with Crippen LogP contribution in [0.5, 0.6) is 0 Å². The molecule has 4 aromatic rings. The van der Waals surface area contributed by atoms with Crippen LogP contribution in [0.15, 0.2) is 55.9 Å². The van der Waals surface area contributed by atoms with E-state index < -0.39 is 0 Å². The minimum atomic E-state index is -0.377. The van der Waals surface area contributed by atoms with Crippen LogP contribution >= 0.6 is 0 Å². The van der Waals surface area contributed by atoms with Gasteiger partial charge < -0.3 is 0 Å². The molecule has 0 radical (unpaired) electrons. The van der Waals surface area contributed by atoms with Crippen molar-refractivity contribution < 1.29 is 4.79 Å².